The average Bonchev–Trinajstić information content (AvgIpc) is 2.44. The summed E-state index contributed by atoms with van der Waals surface area (Å²) in [6.45, 7) is 1.94. The fourth-order valence-corrected chi connectivity index (χ4v) is 1.60. The maximum atomic E-state index is 11.7. The monoisotopic (exact) mass is 261 g/mol. The van der Waals surface area contributed by atoms with Gasteiger partial charge in [-0.2, -0.15) is 0 Å². The minimum atomic E-state index is -0.405. The van der Waals surface area contributed by atoms with Crippen LogP contribution >= 0.6 is 0 Å². The summed E-state index contributed by atoms with van der Waals surface area (Å²) in [5.74, 6) is -0.441. The molecule has 0 aliphatic heterocycles. The molecule has 102 valence electrons. The zero-order valence-electron chi connectivity index (χ0n) is 11.3. The number of amides is 1. The first-order valence-electron chi connectivity index (χ1n) is 6.22. The Balaban J connectivity index is 2.32. The summed E-state index contributed by atoms with van der Waals surface area (Å²) >= 11 is 0. The molecule has 1 aromatic rings. The number of esters is 1. The molecule has 1 aromatic carbocycles. The summed E-state index contributed by atoms with van der Waals surface area (Å²) in [7, 11) is 1.32. The van der Waals surface area contributed by atoms with Crippen LogP contribution < -0.4 is 5.32 Å². The van der Waals surface area contributed by atoms with Crippen LogP contribution in [0, 0.1) is 0 Å². The van der Waals surface area contributed by atoms with Crippen LogP contribution in [-0.4, -0.2) is 19.0 Å². The predicted octanol–water partition coefficient (Wildman–Crippen LogP) is 2.37. The third-order valence-electron chi connectivity index (χ3n) is 2.67. The lowest BCUT2D eigenvalue weighted by atomic mass is 10.1. The number of allylic oxidation sites excluding steroid dienone is 1. The van der Waals surface area contributed by atoms with Gasteiger partial charge < -0.3 is 10.1 Å². The average molecular weight is 261 g/mol. The molecule has 0 radical (unpaired) electrons. The molecular weight excluding hydrogens is 242 g/mol. The van der Waals surface area contributed by atoms with Crippen molar-refractivity contribution in [1.82, 2.24) is 5.32 Å². The van der Waals surface area contributed by atoms with E-state index in [1.54, 1.807) is 6.08 Å². The number of benzene rings is 1. The van der Waals surface area contributed by atoms with Gasteiger partial charge in [0.2, 0.25) is 5.91 Å². The highest BCUT2D eigenvalue weighted by Crippen LogP contribution is 2.11. The van der Waals surface area contributed by atoms with Crippen molar-refractivity contribution in [3.05, 3.63) is 48.0 Å². The Morgan fingerprint density at radius 1 is 1.32 bits per heavy atom. The quantitative estimate of drug-likeness (QED) is 0.632. The topological polar surface area (TPSA) is 55.4 Å². The van der Waals surface area contributed by atoms with Crippen LogP contribution in [0.25, 0.3) is 0 Å². The van der Waals surface area contributed by atoms with E-state index < -0.39 is 5.97 Å². The molecule has 4 nitrogen and oxygen atoms in total. The van der Waals surface area contributed by atoms with Crippen LogP contribution in [0.15, 0.2) is 42.5 Å². The van der Waals surface area contributed by atoms with Gasteiger partial charge in [0.25, 0.3) is 0 Å². The van der Waals surface area contributed by atoms with E-state index in [-0.39, 0.29) is 11.9 Å². The molecule has 0 aliphatic carbocycles. The smallest absolute Gasteiger partial charge is 0.330 e. The highest BCUT2D eigenvalue weighted by Gasteiger charge is 2.07. The Bertz CT molecular complexity index is 440. The van der Waals surface area contributed by atoms with Gasteiger partial charge in [-0.05, 0) is 18.9 Å². The van der Waals surface area contributed by atoms with Gasteiger partial charge in [0.05, 0.1) is 13.2 Å². The zero-order valence-corrected chi connectivity index (χ0v) is 11.3. The molecule has 1 unspecified atom stereocenters. The Morgan fingerprint density at radius 3 is 2.63 bits per heavy atom. The van der Waals surface area contributed by atoms with E-state index >= 15 is 0 Å². The first kappa shape index (κ1) is 15.0. The molecule has 0 heterocycles. The lowest BCUT2D eigenvalue weighted by Crippen LogP contribution is -2.26. The second-order valence-electron chi connectivity index (χ2n) is 4.16. The largest absolute Gasteiger partial charge is 0.466 e. The maximum Gasteiger partial charge on any atom is 0.330 e. The second kappa shape index (κ2) is 8.08. The molecule has 0 aliphatic rings. The van der Waals surface area contributed by atoms with Gasteiger partial charge >= 0.3 is 5.97 Å². The summed E-state index contributed by atoms with van der Waals surface area (Å²) < 4.78 is 4.45. The molecular formula is C15H19NO3. The molecule has 4 heteroatoms. The highest BCUT2D eigenvalue weighted by atomic mass is 16.5. The molecule has 0 spiro atoms. The third-order valence-corrected chi connectivity index (χ3v) is 2.67. The number of hydrogen-bond acceptors (Lipinski definition) is 3. The number of hydrogen-bond donors (Lipinski definition) is 1. The minimum absolute atomic E-state index is 0.0155. The first-order valence-corrected chi connectivity index (χ1v) is 6.22. The van der Waals surface area contributed by atoms with Crippen molar-refractivity contribution < 1.29 is 14.3 Å². The molecule has 1 amide bonds. The van der Waals surface area contributed by atoms with Crippen molar-refractivity contribution in [1.29, 1.82) is 0 Å². The van der Waals surface area contributed by atoms with Gasteiger partial charge in [-0.3, -0.25) is 4.79 Å². The molecule has 0 saturated heterocycles. The molecule has 0 aromatic heterocycles. The number of ether oxygens (including phenoxy) is 1. The van der Waals surface area contributed by atoms with E-state index in [1.165, 1.54) is 13.2 Å². The molecule has 1 N–H and O–H groups in total. The Hall–Kier alpha value is -2.10. The van der Waals surface area contributed by atoms with Gasteiger partial charge in [0, 0.05) is 12.5 Å². The highest BCUT2D eigenvalue weighted by molar-refractivity contribution is 5.82. The second-order valence-corrected chi connectivity index (χ2v) is 4.16. The SMILES string of the molecule is COC(=O)C=CCCC(=O)NC(C)c1ccccc1. The van der Waals surface area contributed by atoms with Crippen molar-refractivity contribution in [3.63, 3.8) is 0 Å². The van der Waals surface area contributed by atoms with Crippen molar-refractivity contribution in [2.75, 3.05) is 7.11 Å². The first-order chi connectivity index (χ1) is 9.13. The van der Waals surface area contributed by atoms with E-state index in [4.69, 9.17) is 0 Å². The van der Waals surface area contributed by atoms with Crippen LogP contribution in [0.2, 0.25) is 0 Å². The number of nitrogens with one attached hydrogen (secondary N) is 1. The Morgan fingerprint density at radius 2 is 2.00 bits per heavy atom. The van der Waals surface area contributed by atoms with Gasteiger partial charge in [-0.15, -0.1) is 0 Å². The number of carbonyl (C=O) groups is 2. The van der Waals surface area contributed by atoms with Crippen LogP contribution in [-0.2, 0) is 14.3 Å². The van der Waals surface area contributed by atoms with E-state index in [0.717, 1.165) is 5.56 Å². The molecule has 1 atom stereocenters. The molecule has 19 heavy (non-hydrogen) atoms. The summed E-state index contributed by atoms with van der Waals surface area (Å²) in [6, 6.07) is 9.76. The number of rotatable bonds is 6. The summed E-state index contributed by atoms with van der Waals surface area (Å²) in [5.41, 5.74) is 1.07. The fourth-order valence-electron chi connectivity index (χ4n) is 1.60. The molecule has 1 rings (SSSR count). The Labute approximate surface area is 113 Å². The van der Waals surface area contributed by atoms with Crippen LogP contribution in [0.3, 0.4) is 0 Å². The predicted molar refractivity (Wildman–Crippen MR) is 73.4 cm³/mol. The van der Waals surface area contributed by atoms with Crippen LogP contribution in [0.5, 0.6) is 0 Å². The normalized spacial score (nSPS) is 12.1. The van der Waals surface area contributed by atoms with Gasteiger partial charge in [-0.25, -0.2) is 4.79 Å². The van der Waals surface area contributed by atoms with Crippen LogP contribution in [0.1, 0.15) is 31.4 Å². The van der Waals surface area contributed by atoms with E-state index in [9.17, 15) is 9.59 Å². The van der Waals surface area contributed by atoms with Crippen molar-refractivity contribution in [3.8, 4) is 0 Å². The van der Waals surface area contributed by atoms with E-state index in [1.807, 2.05) is 37.3 Å². The molecule has 0 fully saturated rings. The van der Waals surface area contributed by atoms with Gasteiger partial charge in [0.15, 0.2) is 0 Å². The molecule has 0 saturated carbocycles. The van der Waals surface area contributed by atoms with Gasteiger partial charge in [0.1, 0.15) is 0 Å². The van der Waals surface area contributed by atoms with Crippen molar-refractivity contribution in [2.45, 2.75) is 25.8 Å². The molecule has 0 bridgehead atoms. The van der Waals surface area contributed by atoms with Gasteiger partial charge in [-0.1, -0.05) is 36.4 Å². The van der Waals surface area contributed by atoms with Crippen LogP contribution in [0.4, 0.5) is 0 Å². The number of methoxy groups -OCH3 is 1. The lowest BCUT2D eigenvalue weighted by Gasteiger charge is -2.13. The van der Waals surface area contributed by atoms with E-state index in [2.05, 4.69) is 10.1 Å². The number of carbonyl (C=O) groups excluding carboxylic acids is 2. The Kier molecular flexibility index (Phi) is 6.36. The summed E-state index contributed by atoms with van der Waals surface area (Å²) in [6.07, 6.45) is 3.83. The van der Waals surface area contributed by atoms with Crippen molar-refractivity contribution in [2.24, 2.45) is 0 Å². The lowest BCUT2D eigenvalue weighted by molar-refractivity contribution is -0.134. The minimum Gasteiger partial charge on any atom is -0.466 e. The van der Waals surface area contributed by atoms with E-state index in [0.29, 0.717) is 12.8 Å². The fraction of sp³-hybridized carbons (Fsp3) is 0.333. The zero-order chi connectivity index (χ0) is 14.1. The maximum absolute atomic E-state index is 11.7. The van der Waals surface area contributed by atoms with Crippen molar-refractivity contribution >= 4 is 11.9 Å². The summed E-state index contributed by atoms with van der Waals surface area (Å²) in [5, 5.41) is 2.91. The standard InChI is InChI=1S/C15H19NO3/c1-12(13-8-4-3-5-9-13)16-14(17)10-6-7-11-15(18)19-2/h3-5,7-9,11-12H,6,10H2,1-2H3,(H,16,17). The summed E-state index contributed by atoms with van der Waals surface area (Å²) in [4.78, 5) is 22.5. The third kappa shape index (κ3) is 5.86.